The SMILES string of the molecule is N#Cc1ccccc1OCC(=O)NC(CCO)C(=O)O. The number of carbonyl (C=O) groups excluding carboxylic acids is 1. The molecule has 1 aromatic carbocycles. The molecule has 7 nitrogen and oxygen atoms in total. The van der Waals surface area contributed by atoms with Crippen molar-refractivity contribution in [3.63, 3.8) is 0 Å². The summed E-state index contributed by atoms with van der Waals surface area (Å²) in [5.41, 5.74) is 0.283. The lowest BCUT2D eigenvalue weighted by Gasteiger charge is -2.13. The standard InChI is InChI=1S/C13H14N2O5/c14-7-9-3-1-2-4-11(9)20-8-12(17)15-10(5-6-16)13(18)19/h1-4,10,16H,5-6,8H2,(H,15,17)(H,18,19). The monoisotopic (exact) mass is 278 g/mol. The Morgan fingerprint density at radius 1 is 1.40 bits per heavy atom. The number of carbonyl (C=O) groups is 2. The van der Waals surface area contributed by atoms with Crippen LogP contribution in [0, 0.1) is 11.3 Å². The van der Waals surface area contributed by atoms with Gasteiger partial charge in [-0.25, -0.2) is 4.79 Å². The quantitative estimate of drug-likeness (QED) is 0.640. The number of ether oxygens (including phenoxy) is 1. The molecule has 0 aromatic heterocycles. The zero-order valence-corrected chi connectivity index (χ0v) is 10.6. The summed E-state index contributed by atoms with van der Waals surface area (Å²) in [5, 5.41) is 28.6. The highest BCUT2D eigenvalue weighted by Crippen LogP contribution is 2.16. The van der Waals surface area contributed by atoms with E-state index in [9.17, 15) is 9.59 Å². The van der Waals surface area contributed by atoms with E-state index in [0.29, 0.717) is 0 Å². The molecule has 0 aliphatic carbocycles. The minimum absolute atomic E-state index is 0.0874. The third kappa shape index (κ3) is 4.59. The van der Waals surface area contributed by atoms with E-state index in [1.165, 1.54) is 6.07 Å². The minimum atomic E-state index is -1.23. The molecule has 0 fully saturated rings. The second-order valence-electron chi connectivity index (χ2n) is 3.87. The molecule has 0 saturated heterocycles. The van der Waals surface area contributed by atoms with Gasteiger partial charge in [-0.1, -0.05) is 12.1 Å². The maximum Gasteiger partial charge on any atom is 0.326 e. The number of amides is 1. The fourth-order valence-electron chi connectivity index (χ4n) is 1.45. The maximum absolute atomic E-state index is 11.5. The average molecular weight is 278 g/mol. The van der Waals surface area contributed by atoms with Crippen LogP contribution in [-0.2, 0) is 9.59 Å². The third-order valence-corrected chi connectivity index (χ3v) is 2.42. The molecule has 0 radical (unpaired) electrons. The largest absolute Gasteiger partial charge is 0.482 e. The lowest BCUT2D eigenvalue weighted by molar-refractivity contribution is -0.142. The Kier molecular flexibility index (Phi) is 6.00. The number of nitrogens with zero attached hydrogens (tertiary/aromatic N) is 1. The zero-order chi connectivity index (χ0) is 15.0. The van der Waals surface area contributed by atoms with Gasteiger partial charge >= 0.3 is 5.97 Å². The zero-order valence-electron chi connectivity index (χ0n) is 10.6. The smallest absolute Gasteiger partial charge is 0.326 e. The van der Waals surface area contributed by atoms with Crippen LogP contribution in [0.3, 0.4) is 0 Å². The molecule has 7 heteroatoms. The summed E-state index contributed by atoms with van der Waals surface area (Å²) in [7, 11) is 0. The van der Waals surface area contributed by atoms with Gasteiger partial charge in [0.05, 0.1) is 5.56 Å². The van der Waals surface area contributed by atoms with Gasteiger partial charge in [0, 0.05) is 13.0 Å². The highest BCUT2D eigenvalue weighted by Gasteiger charge is 2.19. The second kappa shape index (κ2) is 7.76. The first-order valence-electron chi connectivity index (χ1n) is 5.83. The molecule has 0 aliphatic rings. The van der Waals surface area contributed by atoms with E-state index >= 15 is 0 Å². The number of aliphatic hydroxyl groups is 1. The van der Waals surface area contributed by atoms with Crippen molar-refractivity contribution in [2.75, 3.05) is 13.2 Å². The van der Waals surface area contributed by atoms with Gasteiger partial charge in [-0.05, 0) is 12.1 Å². The van der Waals surface area contributed by atoms with Gasteiger partial charge in [0.1, 0.15) is 17.9 Å². The first-order valence-corrected chi connectivity index (χ1v) is 5.83. The highest BCUT2D eigenvalue weighted by atomic mass is 16.5. The van der Waals surface area contributed by atoms with E-state index in [1.54, 1.807) is 18.2 Å². The third-order valence-electron chi connectivity index (χ3n) is 2.42. The summed E-state index contributed by atoms with van der Waals surface area (Å²) >= 11 is 0. The molecular weight excluding hydrogens is 264 g/mol. The molecule has 0 spiro atoms. The lowest BCUT2D eigenvalue weighted by atomic mass is 10.2. The van der Waals surface area contributed by atoms with Crippen LogP contribution in [0.2, 0.25) is 0 Å². The van der Waals surface area contributed by atoms with E-state index in [-0.39, 0.29) is 24.3 Å². The Balaban J connectivity index is 2.55. The summed E-state index contributed by atoms with van der Waals surface area (Å²) in [6.07, 6.45) is -0.0874. The number of aliphatic hydroxyl groups excluding tert-OH is 1. The van der Waals surface area contributed by atoms with E-state index in [1.807, 2.05) is 6.07 Å². The topological polar surface area (TPSA) is 120 Å². The summed E-state index contributed by atoms with van der Waals surface area (Å²) in [6, 6.07) is 7.14. The van der Waals surface area contributed by atoms with Crippen molar-refractivity contribution in [3.05, 3.63) is 29.8 Å². The number of hydrogen-bond donors (Lipinski definition) is 3. The molecule has 1 atom stereocenters. The van der Waals surface area contributed by atoms with Gasteiger partial charge < -0.3 is 20.3 Å². The summed E-state index contributed by atoms with van der Waals surface area (Å²) < 4.78 is 5.16. The van der Waals surface area contributed by atoms with Crippen molar-refractivity contribution in [1.82, 2.24) is 5.32 Å². The molecular formula is C13H14N2O5. The second-order valence-corrected chi connectivity index (χ2v) is 3.87. The van der Waals surface area contributed by atoms with E-state index < -0.39 is 24.5 Å². The van der Waals surface area contributed by atoms with Crippen LogP contribution in [0.1, 0.15) is 12.0 Å². The van der Waals surface area contributed by atoms with Gasteiger partial charge in [0.15, 0.2) is 6.61 Å². The molecule has 0 saturated carbocycles. The number of para-hydroxylation sites is 1. The Labute approximate surface area is 115 Å². The van der Waals surface area contributed by atoms with Crippen molar-refractivity contribution in [1.29, 1.82) is 5.26 Å². The van der Waals surface area contributed by atoms with Crippen molar-refractivity contribution in [3.8, 4) is 11.8 Å². The molecule has 3 N–H and O–H groups in total. The molecule has 1 rings (SSSR count). The summed E-state index contributed by atoms with van der Waals surface area (Å²) in [4.78, 5) is 22.3. The first-order chi connectivity index (χ1) is 9.58. The van der Waals surface area contributed by atoms with Crippen molar-refractivity contribution < 1.29 is 24.5 Å². The number of carboxylic acid groups (broad SMARTS) is 1. The van der Waals surface area contributed by atoms with Gasteiger partial charge in [0.2, 0.25) is 0 Å². The predicted molar refractivity (Wildman–Crippen MR) is 67.9 cm³/mol. The van der Waals surface area contributed by atoms with Gasteiger partial charge in [0.25, 0.3) is 5.91 Å². The normalized spacial score (nSPS) is 11.2. The van der Waals surface area contributed by atoms with Gasteiger partial charge in [-0.2, -0.15) is 5.26 Å². The summed E-state index contributed by atoms with van der Waals surface area (Å²) in [6.45, 7) is -0.761. The molecule has 1 unspecified atom stereocenters. The number of nitriles is 1. The van der Waals surface area contributed by atoms with Crippen LogP contribution in [-0.4, -0.2) is 41.3 Å². The fraction of sp³-hybridized carbons (Fsp3) is 0.308. The van der Waals surface area contributed by atoms with Gasteiger partial charge in [-0.15, -0.1) is 0 Å². The number of hydrogen-bond acceptors (Lipinski definition) is 5. The Morgan fingerprint density at radius 3 is 2.70 bits per heavy atom. The van der Waals surface area contributed by atoms with Crippen LogP contribution < -0.4 is 10.1 Å². The van der Waals surface area contributed by atoms with E-state index in [0.717, 1.165) is 0 Å². The molecule has 106 valence electrons. The number of carboxylic acids is 1. The van der Waals surface area contributed by atoms with Crippen LogP contribution in [0.4, 0.5) is 0 Å². The number of rotatable bonds is 7. The average Bonchev–Trinajstić information content (AvgIpc) is 2.44. The molecule has 0 heterocycles. The minimum Gasteiger partial charge on any atom is -0.482 e. The Bertz CT molecular complexity index is 524. The van der Waals surface area contributed by atoms with E-state index in [4.69, 9.17) is 20.2 Å². The number of nitrogens with one attached hydrogen (secondary N) is 1. The number of benzene rings is 1. The maximum atomic E-state index is 11.5. The predicted octanol–water partition coefficient (Wildman–Crippen LogP) is -0.111. The van der Waals surface area contributed by atoms with Crippen molar-refractivity contribution >= 4 is 11.9 Å². The van der Waals surface area contributed by atoms with Crippen LogP contribution in [0.5, 0.6) is 5.75 Å². The molecule has 20 heavy (non-hydrogen) atoms. The van der Waals surface area contributed by atoms with Gasteiger partial charge in [-0.3, -0.25) is 4.79 Å². The summed E-state index contributed by atoms with van der Waals surface area (Å²) in [5.74, 6) is -1.62. The molecule has 1 amide bonds. The molecule has 1 aromatic rings. The molecule has 0 bridgehead atoms. The van der Waals surface area contributed by atoms with Crippen molar-refractivity contribution in [2.45, 2.75) is 12.5 Å². The number of aliphatic carboxylic acids is 1. The van der Waals surface area contributed by atoms with Crippen LogP contribution in [0.15, 0.2) is 24.3 Å². The van der Waals surface area contributed by atoms with Crippen LogP contribution >= 0.6 is 0 Å². The first kappa shape index (κ1) is 15.5. The highest BCUT2D eigenvalue weighted by molar-refractivity contribution is 5.84. The molecule has 0 aliphatic heterocycles. The van der Waals surface area contributed by atoms with Crippen molar-refractivity contribution in [2.24, 2.45) is 0 Å². The van der Waals surface area contributed by atoms with Crippen LogP contribution in [0.25, 0.3) is 0 Å². The lowest BCUT2D eigenvalue weighted by Crippen LogP contribution is -2.43. The van der Waals surface area contributed by atoms with E-state index in [2.05, 4.69) is 5.32 Å². The fourth-order valence-corrected chi connectivity index (χ4v) is 1.45. The Morgan fingerprint density at radius 2 is 2.10 bits per heavy atom. The Hall–Kier alpha value is -2.59.